The number of rotatable bonds is 5. The van der Waals surface area contributed by atoms with E-state index < -0.39 is 0 Å². The lowest BCUT2D eigenvalue weighted by atomic mass is 10.0. The third-order valence-electron chi connectivity index (χ3n) is 2.59. The van der Waals surface area contributed by atoms with Crippen molar-refractivity contribution < 1.29 is 0 Å². The smallest absolute Gasteiger partial charge is 0.0961 e. The molecular formula is C14H13BrClNS. The third-order valence-corrected chi connectivity index (χ3v) is 4.70. The van der Waals surface area contributed by atoms with E-state index in [2.05, 4.69) is 45.2 Å². The van der Waals surface area contributed by atoms with Gasteiger partial charge in [-0.25, -0.2) is 4.98 Å². The Bertz CT molecular complexity index is 475. The highest BCUT2D eigenvalue weighted by molar-refractivity contribution is 9.09. The van der Waals surface area contributed by atoms with Gasteiger partial charge in [0.05, 0.1) is 10.0 Å². The highest BCUT2D eigenvalue weighted by Crippen LogP contribution is 2.27. The molecule has 1 aromatic heterocycles. The number of nitrogens with zero attached hydrogens (tertiary/aromatic N) is 1. The molecule has 18 heavy (non-hydrogen) atoms. The van der Waals surface area contributed by atoms with Crippen LogP contribution in [0, 0.1) is 0 Å². The largest absolute Gasteiger partial charge is 0.248 e. The molecule has 1 heterocycles. The molecule has 0 saturated heterocycles. The van der Waals surface area contributed by atoms with Gasteiger partial charge in [0.25, 0.3) is 0 Å². The van der Waals surface area contributed by atoms with Crippen LogP contribution in [0.4, 0.5) is 0 Å². The first-order chi connectivity index (χ1) is 8.79. The van der Waals surface area contributed by atoms with Crippen molar-refractivity contribution in [2.24, 2.45) is 0 Å². The summed E-state index contributed by atoms with van der Waals surface area (Å²) in [5.41, 5.74) is 1.36. The first-order valence-corrected chi connectivity index (χ1v) is 8.13. The fraction of sp³-hybridized carbons (Fsp3) is 0.214. The number of halogens is 2. The maximum Gasteiger partial charge on any atom is 0.0961 e. The number of thioether (sulfide) groups is 1. The number of hydrogen-bond donors (Lipinski definition) is 0. The first-order valence-electron chi connectivity index (χ1n) is 5.65. The number of hydrogen-bond acceptors (Lipinski definition) is 2. The summed E-state index contributed by atoms with van der Waals surface area (Å²) in [6, 6.07) is 14.4. The first kappa shape index (κ1) is 13.9. The Kier molecular flexibility index (Phi) is 5.54. The normalized spacial score (nSPS) is 12.3. The van der Waals surface area contributed by atoms with E-state index in [0.29, 0.717) is 10.9 Å². The van der Waals surface area contributed by atoms with Gasteiger partial charge in [-0.1, -0.05) is 57.9 Å². The van der Waals surface area contributed by atoms with Gasteiger partial charge in [0.2, 0.25) is 0 Å². The molecule has 0 saturated carbocycles. The van der Waals surface area contributed by atoms with Gasteiger partial charge in [-0.05, 0) is 17.7 Å². The molecule has 1 aromatic carbocycles. The summed E-state index contributed by atoms with van der Waals surface area (Å²) in [5.74, 6) is 1.50. The summed E-state index contributed by atoms with van der Waals surface area (Å²) >= 11 is 11.2. The zero-order chi connectivity index (χ0) is 12.8. The minimum Gasteiger partial charge on any atom is -0.248 e. The molecule has 4 heteroatoms. The average molecular weight is 343 g/mol. The number of benzene rings is 1. The van der Waals surface area contributed by atoms with Crippen LogP contribution in [0.25, 0.3) is 0 Å². The van der Waals surface area contributed by atoms with Crippen molar-refractivity contribution in [1.29, 1.82) is 0 Å². The standard InChI is InChI=1S/C14H13BrClNS/c15-8-12(11-4-2-1-3-5-11)10-18-14-7-6-13(16)9-17-14/h1-7,9,12H,8,10H2. The van der Waals surface area contributed by atoms with Crippen LogP contribution in [0.3, 0.4) is 0 Å². The minimum absolute atomic E-state index is 0.494. The van der Waals surface area contributed by atoms with Gasteiger partial charge >= 0.3 is 0 Å². The molecule has 94 valence electrons. The number of aromatic nitrogens is 1. The summed E-state index contributed by atoms with van der Waals surface area (Å²) in [6.07, 6.45) is 1.69. The molecule has 0 spiro atoms. The zero-order valence-electron chi connectivity index (χ0n) is 9.72. The van der Waals surface area contributed by atoms with Crippen molar-refractivity contribution in [2.45, 2.75) is 10.9 Å². The summed E-state index contributed by atoms with van der Waals surface area (Å²) in [7, 11) is 0. The molecule has 2 aromatic rings. The highest BCUT2D eigenvalue weighted by Gasteiger charge is 2.10. The Morgan fingerprint density at radius 3 is 2.56 bits per heavy atom. The molecular weight excluding hydrogens is 330 g/mol. The van der Waals surface area contributed by atoms with Gasteiger partial charge in [-0.15, -0.1) is 11.8 Å². The van der Waals surface area contributed by atoms with Gasteiger partial charge in [0.1, 0.15) is 0 Å². The molecule has 0 aliphatic rings. The van der Waals surface area contributed by atoms with Gasteiger partial charge in [-0.3, -0.25) is 0 Å². The summed E-state index contributed by atoms with van der Waals surface area (Å²) < 4.78 is 0. The van der Waals surface area contributed by atoms with Crippen LogP contribution >= 0.6 is 39.3 Å². The molecule has 0 bridgehead atoms. The van der Waals surface area contributed by atoms with Gasteiger partial charge in [-0.2, -0.15) is 0 Å². The Morgan fingerprint density at radius 1 is 1.17 bits per heavy atom. The molecule has 0 amide bonds. The highest BCUT2D eigenvalue weighted by atomic mass is 79.9. The monoisotopic (exact) mass is 341 g/mol. The van der Waals surface area contributed by atoms with E-state index in [-0.39, 0.29) is 0 Å². The third kappa shape index (κ3) is 4.01. The van der Waals surface area contributed by atoms with Crippen LogP contribution in [0.1, 0.15) is 11.5 Å². The second kappa shape index (κ2) is 7.17. The van der Waals surface area contributed by atoms with E-state index >= 15 is 0 Å². The average Bonchev–Trinajstić information content (AvgIpc) is 2.43. The van der Waals surface area contributed by atoms with Crippen molar-refractivity contribution in [1.82, 2.24) is 4.98 Å². The SMILES string of the molecule is Clc1ccc(SCC(CBr)c2ccccc2)nc1. The Hall–Kier alpha value is -0.510. The van der Waals surface area contributed by atoms with Crippen molar-refractivity contribution in [3.05, 3.63) is 59.2 Å². The molecule has 1 atom stereocenters. The second-order valence-electron chi connectivity index (χ2n) is 3.89. The molecule has 1 unspecified atom stereocenters. The summed E-state index contributed by atoms with van der Waals surface area (Å²) in [4.78, 5) is 4.29. The molecule has 0 aliphatic carbocycles. The van der Waals surface area contributed by atoms with Crippen LogP contribution in [-0.2, 0) is 0 Å². The fourth-order valence-electron chi connectivity index (χ4n) is 1.59. The van der Waals surface area contributed by atoms with Crippen LogP contribution in [0.15, 0.2) is 53.7 Å². The molecule has 0 radical (unpaired) electrons. The van der Waals surface area contributed by atoms with E-state index in [0.717, 1.165) is 16.1 Å². The van der Waals surface area contributed by atoms with Crippen LogP contribution in [0.5, 0.6) is 0 Å². The van der Waals surface area contributed by atoms with Gasteiger partial charge < -0.3 is 0 Å². The van der Waals surface area contributed by atoms with Crippen LogP contribution in [-0.4, -0.2) is 16.1 Å². The minimum atomic E-state index is 0.494. The van der Waals surface area contributed by atoms with E-state index in [4.69, 9.17) is 11.6 Å². The van der Waals surface area contributed by atoms with Crippen molar-refractivity contribution >= 4 is 39.3 Å². The fourth-order valence-corrected chi connectivity index (χ4v) is 3.58. The number of alkyl halides is 1. The van der Waals surface area contributed by atoms with Crippen molar-refractivity contribution in [3.8, 4) is 0 Å². The van der Waals surface area contributed by atoms with E-state index in [9.17, 15) is 0 Å². The predicted molar refractivity (Wildman–Crippen MR) is 82.9 cm³/mol. The summed E-state index contributed by atoms with van der Waals surface area (Å²) in [5, 5.41) is 2.65. The lowest BCUT2D eigenvalue weighted by molar-refractivity contribution is 0.900. The quantitative estimate of drug-likeness (QED) is 0.560. The molecule has 2 rings (SSSR count). The maximum absolute atomic E-state index is 5.82. The van der Waals surface area contributed by atoms with Crippen molar-refractivity contribution in [3.63, 3.8) is 0 Å². The topological polar surface area (TPSA) is 12.9 Å². The molecule has 0 fully saturated rings. The van der Waals surface area contributed by atoms with E-state index in [1.54, 1.807) is 18.0 Å². The van der Waals surface area contributed by atoms with E-state index in [1.165, 1.54) is 5.56 Å². The van der Waals surface area contributed by atoms with Crippen LogP contribution in [0.2, 0.25) is 5.02 Å². The zero-order valence-corrected chi connectivity index (χ0v) is 12.9. The van der Waals surface area contributed by atoms with Crippen LogP contribution < -0.4 is 0 Å². The lowest BCUT2D eigenvalue weighted by Crippen LogP contribution is -2.03. The van der Waals surface area contributed by atoms with Crippen molar-refractivity contribution in [2.75, 3.05) is 11.1 Å². The van der Waals surface area contributed by atoms with Gasteiger partial charge in [0, 0.05) is 23.2 Å². The molecule has 0 aliphatic heterocycles. The molecule has 0 N–H and O–H groups in total. The van der Waals surface area contributed by atoms with E-state index in [1.807, 2.05) is 18.2 Å². The lowest BCUT2D eigenvalue weighted by Gasteiger charge is -2.13. The van der Waals surface area contributed by atoms with Gasteiger partial charge in [0.15, 0.2) is 0 Å². The predicted octanol–water partition coefficient (Wildman–Crippen LogP) is 5.01. The Morgan fingerprint density at radius 2 is 1.94 bits per heavy atom. The molecule has 1 nitrogen and oxygen atoms in total. The number of pyridine rings is 1. The Labute approximate surface area is 125 Å². The summed E-state index contributed by atoms with van der Waals surface area (Å²) in [6.45, 7) is 0. The maximum atomic E-state index is 5.82. The second-order valence-corrected chi connectivity index (χ2v) is 6.01. The Balaban J connectivity index is 1.97.